The molecular formula is C12H24N2. The Morgan fingerprint density at radius 1 is 1.36 bits per heavy atom. The average Bonchev–Trinajstić information content (AvgIpc) is 2.26. The molecule has 2 atom stereocenters. The fraction of sp³-hybridized carbons (Fsp3) is 1.00. The number of nitrogens with zero attached hydrogens (tertiary/aromatic N) is 1. The first-order valence-electron chi connectivity index (χ1n) is 6.22. The summed E-state index contributed by atoms with van der Waals surface area (Å²) < 4.78 is 0. The molecular weight excluding hydrogens is 172 g/mol. The molecule has 1 aliphatic carbocycles. The molecule has 0 bridgehead atoms. The van der Waals surface area contributed by atoms with E-state index in [1.54, 1.807) is 0 Å². The van der Waals surface area contributed by atoms with E-state index in [2.05, 4.69) is 24.1 Å². The molecule has 2 heteroatoms. The predicted molar refractivity (Wildman–Crippen MR) is 60.4 cm³/mol. The predicted octanol–water partition coefficient (Wildman–Crippen LogP) is 1.72. The van der Waals surface area contributed by atoms with Crippen molar-refractivity contribution in [3.63, 3.8) is 0 Å². The minimum atomic E-state index is 0.819. The lowest BCUT2D eigenvalue weighted by Gasteiger charge is -2.39. The van der Waals surface area contributed by atoms with Crippen LogP contribution >= 0.6 is 0 Å². The van der Waals surface area contributed by atoms with E-state index in [1.165, 1.54) is 45.4 Å². The summed E-state index contributed by atoms with van der Waals surface area (Å²) in [5, 5.41) is 3.52. The zero-order chi connectivity index (χ0) is 9.97. The molecule has 82 valence electrons. The summed E-state index contributed by atoms with van der Waals surface area (Å²) in [5.74, 6) is 1.82. The van der Waals surface area contributed by atoms with Crippen molar-refractivity contribution in [3.05, 3.63) is 0 Å². The summed E-state index contributed by atoms with van der Waals surface area (Å²) in [6.45, 7) is 9.72. The molecule has 0 aromatic heterocycles. The molecule has 2 aliphatic rings. The monoisotopic (exact) mass is 196 g/mol. The normalized spacial score (nSPS) is 33.4. The third-order valence-electron chi connectivity index (χ3n) is 4.02. The molecule has 0 aromatic rings. The Bertz CT molecular complexity index is 177. The first kappa shape index (κ1) is 10.4. The Kier molecular flexibility index (Phi) is 3.45. The molecule has 2 rings (SSSR count). The summed E-state index contributed by atoms with van der Waals surface area (Å²) in [7, 11) is 0. The summed E-state index contributed by atoms with van der Waals surface area (Å²) >= 11 is 0. The quantitative estimate of drug-likeness (QED) is 0.723. The van der Waals surface area contributed by atoms with Crippen molar-refractivity contribution in [2.45, 2.75) is 39.2 Å². The molecule has 1 heterocycles. The molecule has 2 unspecified atom stereocenters. The molecule has 0 spiro atoms. The van der Waals surface area contributed by atoms with Crippen LogP contribution in [-0.2, 0) is 0 Å². The van der Waals surface area contributed by atoms with Crippen LogP contribution in [0.5, 0.6) is 0 Å². The number of hydrogen-bond acceptors (Lipinski definition) is 2. The van der Waals surface area contributed by atoms with Gasteiger partial charge in [0.2, 0.25) is 0 Å². The number of nitrogens with one attached hydrogen (secondary N) is 1. The maximum absolute atomic E-state index is 3.52. The van der Waals surface area contributed by atoms with Crippen molar-refractivity contribution in [1.29, 1.82) is 0 Å². The van der Waals surface area contributed by atoms with Crippen molar-refractivity contribution in [2.24, 2.45) is 11.8 Å². The van der Waals surface area contributed by atoms with Gasteiger partial charge in [-0.25, -0.2) is 0 Å². The molecule has 1 aliphatic heterocycles. The molecule has 2 fully saturated rings. The van der Waals surface area contributed by atoms with Gasteiger partial charge in [-0.2, -0.15) is 0 Å². The maximum Gasteiger partial charge on any atom is 0.0110 e. The van der Waals surface area contributed by atoms with Crippen molar-refractivity contribution in [2.75, 3.05) is 26.2 Å². The van der Waals surface area contributed by atoms with Gasteiger partial charge < -0.3 is 5.32 Å². The molecule has 2 nitrogen and oxygen atoms in total. The topological polar surface area (TPSA) is 15.3 Å². The van der Waals surface area contributed by atoms with E-state index in [9.17, 15) is 0 Å². The molecule has 1 saturated heterocycles. The van der Waals surface area contributed by atoms with Crippen molar-refractivity contribution < 1.29 is 0 Å². The largest absolute Gasteiger partial charge is 0.315 e. The van der Waals surface area contributed by atoms with Crippen molar-refractivity contribution in [3.8, 4) is 0 Å². The van der Waals surface area contributed by atoms with E-state index in [0.29, 0.717) is 0 Å². The highest BCUT2D eigenvalue weighted by atomic mass is 15.2. The Morgan fingerprint density at radius 3 is 2.79 bits per heavy atom. The van der Waals surface area contributed by atoms with E-state index in [1.807, 2.05) is 0 Å². The molecule has 0 aromatic carbocycles. The molecule has 0 radical (unpaired) electrons. The fourth-order valence-corrected chi connectivity index (χ4v) is 2.72. The molecule has 1 N–H and O–H groups in total. The summed E-state index contributed by atoms with van der Waals surface area (Å²) in [5.41, 5.74) is 0. The highest BCUT2D eigenvalue weighted by molar-refractivity contribution is 4.84. The lowest BCUT2D eigenvalue weighted by molar-refractivity contribution is 0.105. The minimum absolute atomic E-state index is 0.819. The van der Waals surface area contributed by atoms with E-state index in [-0.39, 0.29) is 0 Å². The van der Waals surface area contributed by atoms with Gasteiger partial charge in [-0.15, -0.1) is 0 Å². The van der Waals surface area contributed by atoms with Gasteiger partial charge in [0.25, 0.3) is 0 Å². The van der Waals surface area contributed by atoms with Gasteiger partial charge in [-0.3, -0.25) is 4.90 Å². The van der Waals surface area contributed by atoms with Gasteiger partial charge in [0.05, 0.1) is 0 Å². The van der Waals surface area contributed by atoms with Gasteiger partial charge in [-0.1, -0.05) is 13.3 Å². The van der Waals surface area contributed by atoms with E-state index >= 15 is 0 Å². The summed E-state index contributed by atoms with van der Waals surface area (Å²) in [6.07, 6.45) is 4.41. The maximum atomic E-state index is 3.52. The smallest absolute Gasteiger partial charge is 0.0110 e. The van der Waals surface area contributed by atoms with Crippen LogP contribution in [0.15, 0.2) is 0 Å². The Hall–Kier alpha value is -0.0800. The second-order valence-corrected chi connectivity index (χ2v) is 5.24. The van der Waals surface area contributed by atoms with Crippen LogP contribution in [0.2, 0.25) is 0 Å². The number of hydrogen-bond donors (Lipinski definition) is 1. The number of rotatable bonds is 2. The highest BCUT2D eigenvalue weighted by Crippen LogP contribution is 2.32. The Morgan fingerprint density at radius 2 is 2.14 bits per heavy atom. The standard InChI is InChI=1S/C12H24N2/c1-10-8-13-6-7-14(9-10)11(2)12-4-3-5-12/h10-13H,3-9H2,1-2H3. The van der Waals surface area contributed by atoms with Gasteiger partial charge in [0, 0.05) is 25.7 Å². The van der Waals surface area contributed by atoms with Crippen LogP contribution in [-0.4, -0.2) is 37.1 Å². The molecule has 1 saturated carbocycles. The first-order valence-corrected chi connectivity index (χ1v) is 6.22. The van der Waals surface area contributed by atoms with Crippen molar-refractivity contribution in [1.82, 2.24) is 10.2 Å². The van der Waals surface area contributed by atoms with E-state index < -0.39 is 0 Å². The van der Waals surface area contributed by atoms with Crippen LogP contribution < -0.4 is 5.32 Å². The van der Waals surface area contributed by atoms with Crippen molar-refractivity contribution >= 4 is 0 Å². The highest BCUT2D eigenvalue weighted by Gasteiger charge is 2.29. The van der Waals surface area contributed by atoms with Crippen LogP contribution in [0.4, 0.5) is 0 Å². The molecule has 0 amide bonds. The molecule has 14 heavy (non-hydrogen) atoms. The first-order chi connectivity index (χ1) is 6.77. The minimum Gasteiger partial charge on any atom is -0.315 e. The van der Waals surface area contributed by atoms with Gasteiger partial charge >= 0.3 is 0 Å². The average molecular weight is 196 g/mol. The van der Waals surface area contributed by atoms with Gasteiger partial charge in [-0.05, 0) is 38.1 Å². The second-order valence-electron chi connectivity index (χ2n) is 5.24. The van der Waals surface area contributed by atoms with Gasteiger partial charge in [0.15, 0.2) is 0 Å². The lowest BCUT2D eigenvalue weighted by atomic mass is 9.79. The third-order valence-corrected chi connectivity index (χ3v) is 4.02. The van der Waals surface area contributed by atoms with Crippen LogP contribution in [0, 0.1) is 11.8 Å². The second kappa shape index (κ2) is 4.63. The Balaban J connectivity index is 1.87. The fourth-order valence-electron chi connectivity index (χ4n) is 2.72. The summed E-state index contributed by atoms with van der Waals surface area (Å²) in [4.78, 5) is 2.70. The summed E-state index contributed by atoms with van der Waals surface area (Å²) in [6, 6.07) is 0.825. The zero-order valence-corrected chi connectivity index (χ0v) is 9.63. The van der Waals surface area contributed by atoms with E-state index in [0.717, 1.165) is 17.9 Å². The van der Waals surface area contributed by atoms with Crippen LogP contribution in [0.3, 0.4) is 0 Å². The zero-order valence-electron chi connectivity index (χ0n) is 9.63. The SMILES string of the molecule is CC1CNCCN(C(C)C2CCC2)C1. The van der Waals surface area contributed by atoms with Gasteiger partial charge in [0.1, 0.15) is 0 Å². The lowest BCUT2D eigenvalue weighted by Crippen LogP contribution is -2.43. The van der Waals surface area contributed by atoms with Crippen LogP contribution in [0.1, 0.15) is 33.1 Å². The third kappa shape index (κ3) is 2.29. The van der Waals surface area contributed by atoms with Crippen LogP contribution in [0.25, 0.3) is 0 Å². The Labute approximate surface area is 88.1 Å². The van der Waals surface area contributed by atoms with E-state index in [4.69, 9.17) is 0 Å².